The first-order valence-electron chi connectivity index (χ1n) is 10.2. The van der Waals surface area contributed by atoms with Gasteiger partial charge >= 0.3 is 0 Å². The quantitative estimate of drug-likeness (QED) is 0.631. The Morgan fingerprint density at radius 2 is 2.03 bits per heavy atom. The SMILES string of the molecule is CC(C)c1cc(NC(=O)[C@H](c2ccc(-c3nnn(C)n3)cc2)[C@H]2CCC(F)(F)C2)on1. The van der Waals surface area contributed by atoms with Gasteiger partial charge < -0.3 is 4.52 Å². The Balaban J connectivity index is 1.60. The average molecular weight is 430 g/mol. The fourth-order valence-corrected chi connectivity index (χ4v) is 3.96. The molecule has 2 aromatic heterocycles. The number of carbonyl (C=O) groups excluding carboxylic acids is 1. The lowest BCUT2D eigenvalue weighted by Gasteiger charge is -2.23. The number of benzene rings is 1. The smallest absolute Gasteiger partial charge is 0.248 e. The summed E-state index contributed by atoms with van der Waals surface area (Å²) >= 11 is 0. The molecule has 1 N–H and O–H groups in total. The molecular formula is C21H24F2N6O2. The molecule has 4 rings (SSSR count). The number of carbonyl (C=O) groups is 1. The molecule has 0 unspecified atom stereocenters. The van der Waals surface area contributed by atoms with Crippen LogP contribution in [0.25, 0.3) is 11.4 Å². The van der Waals surface area contributed by atoms with Crippen molar-refractivity contribution in [1.29, 1.82) is 0 Å². The number of alkyl halides is 2. The van der Waals surface area contributed by atoms with Gasteiger partial charge in [0, 0.05) is 24.5 Å². The van der Waals surface area contributed by atoms with E-state index in [1.807, 2.05) is 13.8 Å². The third-order valence-electron chi connectivity index (χ3n) is 5.60. The van der Waals surface area contributed by atoms with E-state index < -0.39 is 17.8 Å². The first kappa shape index (κ1) is 21.1. The Kier molecular flexibility index (Phi) is 5.55. The molecule has 2 heterocycles. The van der Waals surface area contributed by atoms with Crippen molar-refractivity contribution in [3.05, 3.63) is 41.6 Å². The van der Waals surface area contributed by atoms with Crippen LogP contribution in [0.5, 0.6) is 0 Å². The molecule has 1 fully saturated rings. The van der Waals surface area contributed by atoms with Crippen LogP contribution in [-0.4, -0.2) is 37.2 Å². The van der Waals surface area contributed by atoms with Gasteiger partial charge in [0.15, 0.2) is 0 Å². The van der Waals surface area contributed by atoms with E-state index in [1.54, 1.807) is 37.4 Å². The summed E-state index contributed by atoms with van der Waals surface area (Å²) in [5.74, 6) is -3.58. The van der Waals surface area contributed by atoms with Crippen molar-refractivity contribution < 1.29 is 18.1 Å². The first-order valence-corrected chi connectivity index (χ1v) is 10.2. The highest BCUT2D eigenvalue weighted by molar-refractivity contribution is 5.95. The summed E-state index contributed by atoms with van der Waals surface area (Å²) in [6.45, 7) is 3.92. The molecule has 0 bridgehead atoms. The van der Waals surface area contributed by atoms with Gasteiger partial charge in [0.25, 0.3) is 0 Å². The second-order valence-electron chi connectivity index (χ2n) is 8.32. The predicted octanol–water partition coefficient (Wildman–Crippen LogP) is 4.15. The number of aryl methyl sites for hydroxylation is 1. The highest BCUT2D eigenvalue weighted by Gasteiger charge is 2.45. The third-order valence-corrected chi connectivity index (χ3v) is 5.60. The monoisotopic (exact) mass is 430 g/mol. The van der Waals surface area contributed by atoms with E-state index in [-0.39, 0.29) is 37.0 Å². The number of hydrogen-bond donors (Lipinski definition) is 1. The number of nitrogens with zero attached hydrogens (tertiary/aromatic N) is 5. The predicted molar refractivity (Wildman–Crippen MR) is 108 cm³/mol. The molecule has 0 radical (unpaired) electrons. The summed E-state index contributed by atoms with van der Waals surface area (Å²) in [4.78, 5) is 14.5. The van der Waals surface area contributed by atoms with Gasteiger partial charge in [0.2, 0.25) is 23.5 Å². The maximum atomic E-state index is 14.0. The van der Waals surface area contributed by atoms with Crippen molar-refractivity contribution in [2.24, 2.45) is 13.0 Å². The lowest BCUT2D eigenvalue weighted by Crippen LogP contribution is -2.27. The molecule has 31 heavy (non-hydrogen) atoms. The number of anilines is 1. The number of amides is 1. The Hall–Kier alpha value is -3.17. The molecule has 0 spiro atoms. The molecule has 8 nitrogen and oxygen atoms in total. The Bertz CT molecular complexity index is 1060. The number of rotatable bonds is 6. The van der Waals surface area contributed by atoms with Crippen LogP contribution in [0.3, 0.4) is 0 Å². The summed E-state index contributed by atoms with van der Waals surface area (Å²) in [6.07, 6.45) is -0.277. The van der Waals surface area contributed by atoms with Crippen molar-refractivity contribution in [2.45, 2.75) is 50.9 Å². The van der Waals surface area contributed by atoms with E-state index in [0.29, 0.717) is 17.1 Å². The molecule has 10 heteroatoms. The molecule has 0 saturated heterocycles. The first-order chi connectivity index (χ1) is 14.7. The van der Waals surface area contributed by atoms with Crippen LogP contribution >= 0.6 is 0 Å². The second kappa shape index (κ2) is 8.16. The van der Waals surface area contributed by atoms with Crippen LogP contribution in [0.2, 0.25) is 0 Å². The van der Waals surface area contributed by atoms with Gasteiger partial charge in [-0.1, -0.05) is 43.3 Å². The molecule has 1 amide bonds. The maximum absolute atomic E-state index is 14.0. The van der Waals surface area contributed by atoms with Crippen LogP contribution in [0.1, 0.15) is 56.2 Å². The van der Waals surface area contributed by atoms with E-state index in [1.165, 1.54) is 4.80 Å². The van der Waals surface area contributed by atoms with Crippen LogP contribution in [-0.2, 0) is 11.8 Å². The van der Waals surface area contributed by atoms with E-state index in [2.05, 4.69) is 25.9 Å². The molecule has 1 aliphatic rings. The van der Waals surface area contributed by atoms with Crippen molar-refractivity contribution in [3.63, 3.8) is 0 Å². The van der Waals surface area contributed by atoms with Gasteiger partial charge in [0.05, 0.1) is 18.7 Å². The van der Waals surface area contributed by atoms with Gasteiger partial charge in [-0.15, -0.1) is 10.2 Å². The van der Waals surface area contributed by atoms with Gasteiger partial charge in [-0.2, -0.15) is 4.80 Å². The van der Waals surface area contributed by atoms with E-state index >= 15 is 0 Å². The van der Waals surface area contributed by atoms with Crippen molar-refractivity contribution in [2.75, 3.05) is 5.32 Å². The zero-order valence-corrected chi connectivity index (χ0v) is 17.5. The van der Waals surface area contributed by atoms with Crippen molar-refractivity contribution in [3.8, 4) is 11.4 Å². The summed E-state index contributed by atoms with van der Waals surface area (Å²) < 4.78 is 33.1. The Labute approximate surface area is 178 Å². The van der Waals surface area contributed by atoms with Crippen LogP contribution < -0.4 is 5.32 Å². The largest absolute Gasteiger partial charge is 0.338 e. The number of hydrogen-bond acceptors (Lipinski definition) is 6. The van der Waals surface area contributed by atoms with Gasteiger partial charge in [-0.05, 0) is 29.0 Å². The third kappa shape index (κ3) is 4.62. The standard InChI is InChI=1S/C21H24F2N6O2/c1-12(2)16-10-17(31-27-16)24-20(30)18(15-8-9-21(22,23)11-15)13-4-6-14(7-5-13)19-25-28-29(3)26-19/h4-7,10,12,15,18H,8-9,11H2,1-3H3,(H,24,30)/t15-,18+/m0/s1. The summed E-state index contributed by atoms with van der Waals surface area (Å²) in [5, 5.41) is 18.6. The zero-order valence-electron chi connectivity index (χ0n) is 17.5. The number of halogens is 2. The molecule has 3 aromatic rings. The minimum absolute atomic E-state index is 0.140. The van der Waals surface area contributed by atoms with Gasteiger partial charge in [-0.25, -0.2) is 8.78 Å². The molecule has 1 aliphatic carbocycles. The zero-order chi connectivity index (χ0) is 22.2. The summed E-state index contributed by atoms with van der Waals surface area (Å²) in [7, 11) is 1.67. The fraction of sp³-hybridized carbons (Fsp3) is 0.476. The maximum Gasteiger partial charge on any atom is 0.248 e. The second-order valence-corrected chi connectivity index (χ2v) is 8.32. The van der Waals surface area contributed by atoms with Crippen LogP contribution in [0, 0.1) is 5.92 Å². The fourth-order valence-electron chi connectivity index (χ4n) is 3.96. The minimum Gasteiger partial charge on any atom is -0.338 e. The molecule has 1 saturated carbocycles. The van der Waals surface area contributed by atoms with E-state index in [9.17, 15) is 13.6 Å². The number of aromatic nitrogens is 5. The van der Waals surface area contributed by atoms with E-state index in [0.717, 1.165) is 5.56 Å². The lowest BCUT2D eigenvalue weighted by atomic mass is 9.83. The molecular weight excluding hydrogens is 406 g/mol. The number of nitrogens with one attached hydrogen (secondary N) is 1. The van der Waals surface area contributed by atoms with Crippen molar-refractivity contribution in [1.82, 2.24) is 25.4 Å². The molecule has 2 atom stereocenters. The topological polar surface area (TPSA) is 98.7 Å². The van der Waals surface area contributed by atoms with E-state index in [4.69, 9.17) is 4.52 Å². The minimum atomic E-state index is -2.76. The molecule has 164 valence electrons. The normalized spacial score (nSPS) is 19.0. The highest BCUT2D eigenvalue weighted by Crippen LogP contribution is 2.46. The summed E-state index contributed by atoms with van der Waals surface area (Å²) in [6, 6.07) is 8.71. The van der Waals surface area contributed by atoms with Crippen molar-refractivity contribution >= 4 is 11.8 Å². The van der Waals surface area contributed by atoms with Crippen LogP contribution in [0.15, 0.2) is 34.9 Å². The van der Waals surface area contributed by atoms with Gasteiger partial charge in [-0.3, -0.25) is 10.1 Å². The molecule has 0 aliphatic heterocycles. The highest BCUT2D eigenvalue weighted by atomic mass is 19.3. The lowest BCUT2D eigenvalue weighted by molar-refractivity contribution is -0.119. The summed E-state index contributed by atoms with van der Waals surface area (Å²) in [5.41, 5.74) is 2.08. The van der Waals surface area contributed by atoms with Crippen LogP contribution in [0.4, 0.5) is 14.7 Å². The Morgan fingerprint density at radius 1 is 1.29 bits per heavy atom. The number of tetrazole rings is 1. The molecule has 1 aromatic carbocycles. The average Bonchev–Trinajstić information content (AvgIpc) is 3.43. The Morgan fingerprint density at radius 3 is 2.58 bits per heavy atom. The van der Waals surface area contributed by atoms with Gasteiger partial charge in [0.1, 0.15) is 0 Å².